The summed E-state index contributed by atoms with van der Waals surface area (Å²) >= 11 is 5.42. The first kappa shape index (κ1) is 11.1. The normalized spacial score (nSPS) is 12.4. The van der Waals surface area contributed by atoms with Crippen LogP contribution in [-0.4, -0.2) is 0 Å². The highest BCUT2D eigenvalue weighted by Gasteiger charge is 2.33. The lowest BCUT2D eigenvalue weighted by molar-refractivity contribution is -0.137. The molecule has 1 aromatic carbocycles. The summed E-state index contributed by atoms with van der Waals surface area (Å²) < 4.78 is 37.0. The molecule has 0 bridgehead atoms. The van der Waals surface area contributed by atoms with Crippen LogP contribution in [0.4, 0.5) is 13.2 Å². The first-order chi connectivity index (χ1) is 6.45. The zero-order valence-corrected chi connectivity index (χ0v) is 7.86. The molecule has 0 heterocycles. The quantitative estimate of drug-likeness (QED) is 0.664. The summed E-state index contributed by atoms with van der Waals surface area (Å²) in [5.74, 6) is 0. The predicted octanol–water partition coefficient (Wildman–Crippen LogP) is 4.21. The first-order valence-electron chi connectivity index (χ1n) is 3.77. The van der Waals surface area contributed by atoms with E-state index in [0.717, 1.165) is 6.07 Å². The molecule has 4 heteroatoms. The Labute approximate surface area is 85.0 Å². The van der Waals surface area contributed by atoms with Crippen molar-refractivity contribution in [3.8, 4) is 0 Å². The van der Waals surface area contributed by atoms with Crippen LogP contribution in [0.15, 0.2) is 24.3 Å². The van der Waals surface area contributed by atoms with Crippen LogP contribution in [0.2, 0.25) is 5.02 Å². The number of halogens is 4. The van der Waals surface area contributed by atoms with Gasteiger partial charge in [-0.25, -0.2) is 0 Å². The number of benzene rings is 1. The van der Waals surface area contributed by atoms with Crippen LogP contribution < -0.4 is 0 Å². The fourth-order valence-corrected chi connectivity index (χ4v) is 1.22. The van der Waals surface area contributed by atoms with E-state index in [1.54, 1.807) is 0 Å². The van der Waals surface area contributed by atoms with Gasteiger partial charge in [0.15, 0.2) is 0 Å². The van der Waals surface area contributed by atoms with Crippen molar-refractivity contribution in [2.75, 3.05) is 0 Å². The average molecular weight is 220 g/mol. The number of hydrogen-bond acceptors (Lipinski definition) is 0. The Bertz CT molecular complexity index is 353. The fourth-order valence-electron chi connectivity index (χ4n) is 1.000. The van der Waals surface area contributed by atoms with Gasteiger partial charge in [-0.1, -0.05) is 29.8 Å². The second-order valence-electron chi connectivity index (χ2n) is 2.64. The minimum absolute atomic E-state index is 0.293. The molecule has 0 fully saturated rings. The zero-order valence-electron chi connectivity index (χ0n) is 7.11. The lowest BCUT2D eigenvalue weighted by atomic mass is 10.1. The first-order valence-corrected chi connectivity index (χ1v) is 4.15. The predicted molar refractivity (Wildman–Crippen MR) is 50.8 cm³/mol. The summed E-state index contributed by atoms with van der Waals surface area (Å²) in [6.45, 7) is 3.40. The van der Waals surface area contributed by atoms with Crippen molar-refractivity contribution in [2.45, 2.75) is 6.18 Å². The topological polar surface area (TPSA) is 0 Å². The minimum atomic E-state index is -4.41. The van der Waals surface area contributed by atoms with Crippen LogP contribution in [0.5, 0.6) is 0 Å². The van der Waals surface area contributed by atoms with Gasteiger partial charge in [0.1, 0.15) is 0 Å². The summed E-state index contributed by atoms with van der Waals surface area (Å²) in [5.41, 5.74) is -0.397. The molecule has 0 saturated heterocycles. The molecule has 0 N–H and O–H groups in total. The molecule has 0 aliphatic carbocycles. The summed E-state index contributed by atoms with van der Waals surface area (Å²) in [6, 6.07) is 3.71. The average Bonchev–Trinajstić information content (AvgIpc) is 2.07. The molecule has 0 saturated carbocycles. The van der Waals surface area contributed by atoms with Gasteiger partial charge in [0.2, 0.25) is 0 Å². The lowest BCUT2D eigenvalue weighted by Crippen LogP contribution is -2.05. The van der Waals surface area contributed by atoms with Crippen molar-refractivity contribution in [1.82, 2.24) is 0 Å². The number of alkyl halides is 3. The van der Waals surface area contributed by atoms with E-state index in [0.29, 0.717) is 5.56 Å². The van der Waals surface area contributed by atoms with Gasteiger partial charge in [-0.15, -0.1) is 0 Å². The highest BCUT2D eigenvalue weighted by atomic mass is 35.5. The summed E-state index contributed by atoms with van der Waals surface area (Å²) in [5, 5.41) is -0.293. The molecule has 1 aromatic rings. The third-order valence-corrected chi connectivity index (χ3v) is 1.94. The number of hydrogen-bond donors (Lipinski definition) is 0. The van der Waals surface area contributed by atoms with Crippen molar-refractivity contribution in [1.29, 1.82) is 0 Å². The maximum atomic E-state index is 12.3. The fraction of sp³-hybridized carbons (Fsp3) is 0.100. The van der Waals surface area contributed by atoms with Gasteiger partial charge in [-0.3, -0.25) is 0 Å². The smallest absolute Gasteiger partial charge is 0.166 e. The van der Waals surface area contributed by atoms with E-state index < -0.39 is 11.7 Å². The Morgan fingerprint density at radius 3 is 2.43 bits per heavy atom. The molecule has 0 aliphatic rings. The van der Waals surface area contributed by atoms with E-state index in [4.69, 9.17) is 11.6 Å². The molecule has 0 unspecified atom stereocenters. The monoisotopic (exact) mass is 219 g/mol. The maximum absolute atomic E-state index is 12.3. The van der Waals surface area contributed by atoms with E-state index in [2.05, 4.69) is 6.92 Å². The molecular weight excluding hydrogens is 213 g/mol. The Balaban J connectivity index is 3.22. The van der Waals surface area contributed by atoms with E-state index in [-0.39, 0.29) is 5.02 Å². The Morgan fingerprint density at radius 2 is 1.93 bits per heavy atom. The largest absolute Gasteiger partial charge is 0.417 e. The van der Waals surface area contributed by atoms with Crippen LogP contribution in [0.1, 0.15) is 11.1 Å². The molecule has 0 amide bonds. The van der Waals surface area contributed by atoms with E-state index in [1.165, 1.54) is 24.3 Å². The van der Waals surface area contributed by atoms with Crippen LogP contribution in [0, 0.1) is 6.92 Å². The van der Waals surface area contributed by atoms with Gasteiger partial charge in [0.05, 0.1) is 10.6 Å². The third kappa shape index (κ3) is 2.51. The molecule has 75 valence electrons. The third-order valence-electron chi connectivity index (χ3n) is 1.61. The van der Waals surface area contributed by atoms with Crippen LogP contribution in [0.3, 0.4) is 0 Å². The Morgan fingerprint density at radius 1 is 1.29 bits per heavy atom. The lowest BCUT2D eigenvalue weighted by Gasteiger charge is -2.09. The van der Waals surface area contributed by atoms with Gasteiger partial charge < -0.3 is 0 Å². The minimum Gasteiger partial charge on any atom is -0.166 e. The molecule has 0 aliphatic heterocycles. The molecule has 0 nitrogen and oxygen atoms in total. The van der Waals surface area contributed by atoms with Crippen LogP contribution in [0.25, 0.3) is 6.08 Å². The highest BCUT2D eigenvalue weighted by Crippen LogP contribution is 2.35. The van der Waals surface area contributed by atoms with Gasteiger partial charge in [-0.05, 0) is 24.6 Å². The maximum Gasteiger partial charge on any atom is 0.417 e. The summed E-state index contributed by atoms with van der Waals surface area (Å²) in [7, 11) is 0. The number of allylic oxidation sites excluding steroid dienone is 1. The number of rotatable bonds is 1. The van der Waals surface area contributed by atoms with E-state index in [1.807, 2.05) is 0 Å². The molecule has 1 radical (unpaired) electrons. The second kappa shape index (κ2) is 4.05. The van der Waals surface area contributed by atoms with Crippen molar-refractivity contribution in [2.24, 2.45) is 0 Å². The summed E-state index contributed by atoms with van der Waals surface area (Å²) in [4.78, 5) is 0. The molecule has 0 spiro atoms. The molecule has 0 aromatic heterocycles. The van der Waals surface area contributed by atoms with Gasteiger partial charge in [0, 0.05) is 0 Å². The van der Waals surface area contributed by atoms with Crippen molar-refractivity contribution < 1.29 is 13.2 Å². The SMILES string of the molecule is [CH2]C=Cc1ccc(Cl)c(C(F)(F)F)c1. The van der Waals surface area contributed by atoms with Gasteiger partial charge >= 0.3 is 6.18 Å². The van der Waals surface area contributed by atoms with Crippen LogP contribution >= 0.6 is 11.6 Å². The van der Waals surface area contributed by atoms with E-state index >= 15 is 0 Å². The molecular formula is C10H7ClF3. The molecule has 1 rings (SSSR count). The van der Waals surface area contributed by atoms with Crippen molar-refractivity contribution >= 4 is 17.7 Å². The van der Waals surface area contributed by atoms with Gasteiger partial charge in [0.25, 0.3) is 0 Å². The zero-order chi connectivity index (χ0) is 10.8. The summed E-state index contributed by atoms with van der Waals surface area (Å²) in [6.07, 6.45) is -1.52. The highest BCUT2D eigenvalue weighted by molar-refractivity contribution is 6.31. The van der Waals surface area contributed by atoms with Gasteiger partial charge in [-0.2, -0.15) is 13.2 Å². The molecule has 0 atom stereocenters. The standard InChI is InChI=1S/C10H7ClF3/c1-2-3-7-4-5-9(11)8(6-7)10(12,13)14/h2-6H,1H2. The van der Waals surface area contributed by atoms with Crippen molar-refractivity contribution in [3.05, 3.63) is 47.3 Å². The Hall–Kier alpha value is -0.960. The molecule has 14 heavy (non-hydrogen) atoms. The van der Waals surface area contributed by atoms with E-state index in [9.17, 15) is 13.2 Å². The second-order valence-corrected chi connectivity index (χ2v) is 3.05. The Kier molecular flexibility index (Phi) is 3.21. The van der Waals surface area contributed by atoms with Crippen LogP contribution in [-0.2, 0) is 6.18 Å². The van der Waals surface area contributed by atoms with Crippen molar-refractivity contribution in [3.63, 3.8) is 0 Å².